The lowest BCUT2D eigenvalue weighted by molar-refractivity contribution is -0.123. The van der Waals surface area contributed by atoms with Crippen LogP contribution in [0.1, 0.15) is 47.2 Å². The molecule has 172 valence electrons. The average molecular weight is 484 g/mol. The van der Waals surface area contributed by atoms with Crippen molar-refractivity contribution in [3.05, 3.63) is 70.1 Å². The molecule has 2 aromatic rings. The summed E-state index contributed by atoms with van der Waals surface area (Å²) in [6, 6.07) is 13.7. The molecule has 1 heterocycles. The van der Waals surface area contributed by atoms with Gasteiger partial charge in [-0.1, -0.05) is 60.2 Å². The lowest BCUT2D eigenvalue weighted by Gasteiger charge is -2.14. The van der Waals surface area contributed by atoms with Crippen molar-refractivity contribution in [2.75, 3.05) is 6.54 Å². The summed E-state index contributed by atoms with van der Waals surface area (Å²) < 4.78 is 0.549. The summed E-state index contributed by atoms with van der Waals surface area (Å²) in [5.41, 5.74) is 7.17. The second-order valence-electron chi connectivity index (χ2n) is 7.60. The first-order valence-corrected chi connectivity index (χ1v) is 11.8. The van der Waals surface area contributed by atoms with E-state index in [0.717, 1.165) is 24.0 Å². The highest BCUT2D eigenvalue weighted by Gasteiger charge is 2.31. The van der Waals surface area contributed by atoms with E-state index in [1.165, 1.54) is 36.0 Å². The Kier molecular flexibility index (Phi) is 8.62. The fourth-order valence-electron chi connectivity index (χ4n) is 3.11. The molecule has 0 aliphatic carbocycles. The van der Waals surface area contributed by atoms with E-state index in [-0.39, 0.29) is 24.0 Å². The molecule has 1 aliphatic heterocycles. The van der Waals surface area contributed by atoms with Crippen LogP contribution in [0, 0.1) is 6.92 Å². The Bertz CT molecular complexity index is 1070. The van der Waals surface area contributed by atoms with Crippen LogP contribution in [0.4, 0.5) is 0 Å². The largest absolute Gasteiger partial charge is 0.508 e. The molecule has 1 saturated heterocycles. The molecule has 0 spiro atoms. The van der Waals surface area contributed by atoms with Gasteiger partial charge in [0.2, 0.25) is 5.91 Å². The number of nitrogens with zero attached hydrogens (tertiary/aromatic N) is 1. The topological polar surface area (TPSA) is 98.7 Å². The fourth-order valence-corrected chi connectivity index (χ4v) is 4.42. The van der Waals surface area contributed by atoms with Crippen LogP contribution in [0.25, 0.3) is 6.08 Å². The average Bonchev–Trinajstić information content (AvgIpc) is 3.06. The number of nitrogens with one attached hydrogen (secondary N) is 2. The predicted octanol–water partition coefficient (Wildman–Crippen LogP) is 3.92. The molecule has 2 aromatic carbocycles. The smallest absolute Gasteiger partial charge is 0.269 e. The zero-order valence-electron chi connectivity index (χ0n) is 18.2. The van der Waals surface area contributed by atoms with Crippen LogP contribution in [-0.2, 0) is 9.59 Å². The Balaban J connectivity index is 1.35. The Labute approximate surface area is 202 Å². The van der Waals surface area contributed by atoms with Crippen LogP contribution in [0.15, 0.2) is 53.4 Å². The lowest BCUT2D eigenvalue weighted by Crippen LogP contribution is -2.41. The van der Waals surface area contributed by atoms with Gasteiger partial charge in [-0.05, 0) is 55.7 Å². The molecular formula is C24H25N3O4S2. The highest BCUT2D eigenvalue weighted by molar-refractivity contribution is 8.26. The predicted molar refractivity (Wildman–Crippen MR) is 133 cm³/mol. The summed E-state index contributed by atoms with van der Waals surface area (Å²) in [4.78, 5) is 38.8. The number of hydrogen-bond donors (Lipinski definition) is 3. The Hall–Kier alpha value is -3.17. The van der Waals surface area contributed by atoms with Gasteiger partial charge < -0.3 is 5.11 Å². The van der Waals surface area contributed by atoms with Crippen molar-refractivity contribution in [1.29, 1.82) is 0 Å². The number of carbonyl (C=O) groups is 3. The standard InChI is InChI=1S/C24H25N3O4S2/c1-16-6-8-17(9-7-16)15-20-23(31)27(24(32)33-20)14-4-2-3-5-21(29)25-26-22(30)18-10-12-19(28)13-11-18/h6-13,15,28H,2-5,14H2,1H3,(H,25,29)(H,26,30)/b20-15-. The van der Waals surface area contributed by atoms with Gasteiger partial charge in [0, 0.05) is 18.5 Å². The number of unbranched alkanes of at least 4 members (excludes halogenated alkanes) is 2. The number of benzene rings is 2. The third-order valence-electron chi connectivity index (χ3n) is 4.98. The van der Waals surface area contributed by atoms with Crippen LogP contribution in [0.5, 0.6) is 5.75 Å². The Morgan fingerprint density at radius 3 is 2.42 bits per heavy atom. The number of hydrogen-bond acceptors (Lipinski definition) is 6. The minimum atomic E-state index is -0.462. The second kappa shape index (κ2) is 11.6. The molecule has 0 atom stereocenters. The minimum Gasteiger partial charge on any atom is -0.508 e. The molecule has 1 aliphatic rings. The molecule has 3 N–H and O–H groups in total. The summed E-state index contributed by atoms with van der Waals surface area (Å²) in [7, 11) is 0. The molecule has 9 heteroatoms. The number of aryl methyl sites for hydroxylation is 1. The number of aromatic hydroxyl groups is 1. The van der Waals surface area contributed by atoms with Crippen LogP contribution >= 0.6 is 24.0 Å². The van der Waals surface area contributed by atoms with Gasteiger partial charge in [0.1, 0.15) is 10.1 Å². The molecule has 0 saturated carbocycles. The summed E-state index contributed by atoms with van der Waals surface area (Å²) >= 11 is 6.67. The molecule has 0 unspecified atom stereocenters. The monoisotopic (exact) mass is 483 g/mol. The van der Waals surface area contributed by atoms with Crippen molar-refractivity contribution in [1.82, 2.24) is 15.8 Å². The van der Waals surface area contributed by atoms with E-state index in [9.17, 15) is 19.5 Å². The van der Waals surface area contributed by atoms with Gasteiger partial charge in [0.25, 0.3) is 11.8 Å². The molecule has 3 amide bonds. The van der Waals surface area contributed by atoms with Gasteiger partial charge in [-0.3, -0.25) is 30.1 Å². The van der Waals surface area contributed by atoms with E-state index < -0.39 is 5.91 Å². The normalized spacial score (nSPS) is 14.6. The third-order valence-corrected chi connectivity index (χ3v) is 6.36. The zero-order valence-corrected chi connectivity index (χ0v) is 19.8. The number of hydrazine groups is 1. The van der Waals surface area contributed by atoms with Gasteiger partial charge in [-0.15, -0.1) is 0 Å². The number of thioether (sulfide) groups is 1. The van der Waals surface area contributed by atoms with Gasteiger partial charge in [-0.2, -0.15) is 0 Å². The van der Waals surface area contributed by atoms with Crippen molar-refractivity contribution in [3.63, 3.8) is 0 Å². The maximum Gasteiger partial charge on any atom is 0.269 e. The number of thiocarbonyl (C=S) groups is 1. The maximum absolute atomic E-state index is 12.7. The number of phenolic OH excluding ortho intramolecular Hbond substituents is 1. The molecule has 0 bridgehead atoms. The van der Waals surface area contributed by atoms with E-state index >= 15 is 0 Å². The van der Waals surface area contributed by atoms with E-state index in [1.807, 2.05) is 37.3 Å². The Morgan fingerprint density at radius 2 is 1.73 bits per heavy atom. The quantitative estimate of drug-likeness (QED) is 0.228. The van der Waals surface area contributed by atoms with Crippen molar-refractivity contribution >= 4 is 52.1 Å². The molecule has 33 heavy (non-hydrogen) atoms. The number of phenols is 1. The fraction of sp³-hybridized carbons (Fsp3) is 0.250. The zero-order chi connectivity index (χ0) is 23.8. The van der Waals surface area contributed by atoms with Gasteiger partial charge in [0.05, 0.1) is 4.91 Å². The first kappa shape index (κ1) is 24.5. The van der Waals surface area contributed by atoms with Crippen LogP contribution in [0.2, 0.25) is 0 Å². The highest BCUT2D eigenvalue weighted by Crippen LogP contribution is 2.32. The SMILES string of the molecule is Cc1ccc(/C=C2\SC(=S)N(CCCCCC(=O)NNC(=O)c3ccc(O)cc3)C2=O)cc1. The molecular weight excluding hydrogens is 458 g/mol. The van der Waals surface area contributed by atoms with Crippen LogP contribution in [0.3, 0.4) is 0 Å². The van der Waals surface area contributed by atoms with Crippen molar-refractivity contribution in [3.8, 4) is 5.75 Å². The van der Waals surface area contributed by atoms with E-state index in [1.54, 1.807) is 4.90 Å². The summed E-state index contributed by atoms with van der Waals surface area (Å²) in [6.07, 6.45) is 4.19. The third kappa shape index (κ3) is 7.16. The molecule has 3 rings (SSSR count). The molecule has 0 radical (unpaired) electrons. The van der Waals surface area contributed by atoms with Crippen molar-refractivity contribution in [2.24, 2.45) is 0 Å². The van der Waals surface area contributed by atoms with Crippen LogP contribution < -0.4 is 10.9 Å². The molecule has 1 fully saturated rings. The number of carbonyl (C=O) groups excluding carboxylic acids is 3. The molecule has 0 aromatic heterocycles. The van der Waals surface area contributed by atoms with Gasteiger partial charge in [-0.25, -0.2) is 0 Å². The lowest BCUT2D eigenvalue weighted by atomic mass is 10.1. The van der Waals surface area contributed by atoms with Crippen molar-refractivity contribution in [2.45, 2.75) is 32.6 Å². The second-order valence-corrected chi connectivity index (χ2v) is 9.28. The summed E-state index contributed by atoms with van der Waals surface area (Å²) in [5, 5.41) is 9.24. The first-order valence-electron chi connectivity index (χ1n) is 10.5. The maximum atomic E-state index is 12.7. The van der Waals surface area contributed by atoms with E-state index in [2.05, 4.69) is 10.9 Å². The van der Waals surface area contributed by atoms with E-state index in [4.69, 9.17) is 12.2 Å². The summed E-state index contributed by atoms with van der Waals surface area (Å²) in [5.74, 6) is -0.783. The summed E-state index contributed by atoms with van der Waals surface area (Å²) in [6.45, 7) is 2.52. The van der Waals surface area contributed by atoms with Gasteiger partial charge in [0.15, 0.2) is 0 Å². The minimum absolute atomic E-state index is 0.0593. The van der Waals surface area contributed by atoms with E-state index in [0.29, 0.717) is 27.8 Å². The number of rotatable bonds is 8. The molecule has 7 nitrogen and oxygen atoms in total. The first-order chi connectivity index (χ1) is 15.8. The van der Waals surface area contributed by atoms with Crippen LogP contribution in [-0.4, -0.2) is 38.6 Å². The number of amides is 3. The Morgan fingerprint density at radius 1 is 1.03 bits per heavy atom. The highest BCUT2D eigenvalue weighted by atomic mass is 32.2. The van der Waals surface area contributed by atoms with Crippen molar-refractivity contribution < 1.29 is 19.5 Å². The van der Waals surface area contributed by atoms with Gasteiger partial charge >= 0.3 is 0 Å².